The maximum Gasteiger partial charge on any atom is 0.231 e. The van der Waals surface area contributed by atoms with Gasteiger partial charge in [0.05, 0.1) is 13.2 Å². The normalized spacial score (nSPS) is 15.4. The quantitative estimate of drug-likeness (QED) is 0.801. The maximum atomic E-state index is 6.07. The van der Waals surface area contributed by atoms with Gasteiger partial charge < -0.3 is 14.5 Å². The Kier molecular flexibility index (Phi) is 5.79. The fraction of sp³-hybridized carbons (Fsp3) is 0.769. The fourth-order valence-electron chi connectivity index (χ4n) is 2.23. The van der Waals surface area contributed by atoms with Crippen LogP contribution in [0.5, 0.6) is 0 Å². The minimum Gasteiger partial charge on any atom is -0.378 e. The third kappa shape index (κ3) is 3.93. The maximum absolute atomic E-state index is 6.07. The van der Waals surface area contributed by atoms with Crippen molar-refractivity contribution in [3.63, 3.8) is 0 Å². The SMILES string of the molecule is CCCN(CCC)c1nc(Cl)nc(N2CCOCC2)n1. The summed E-state index contributed by atoms with van der Waals surface area (Å²) in [7, 11) is 0. The molecule has 112 valence electrons. The van der Waals surface area contributed by atoms with Gasteiger partial charge in [-0.05, 0) is 24.4 Å². The van der Waals surface area contributed by atoms with E-state index in [1.54, 1.807) is 0 Å². The van der Waals surface area contributed by atoms with Crippen LogP contribution in [0.4, 0.5) is 11.9 Å². The van der Waals surface area contributed by atoms with Crippen molar-refractivity contribution in [1.29, 1.82) is 0 Å². The first-order valence-electron chi connectivity index (χ1n) is 7.23. The summed E-state index contributed by atoms with van der Waals surface area (Å²) in [4.78, 5) is 17.4. The lowest BCUT2D eigenvalue weighted by Gasteiger charge is -2.28. The van der Waals surface area contributed by atoms with Gasteiger partial charge in [0.1, 0.15) is 0 Å². The number of anilines is 2. The molecule has 0 atom stereocenters. The Bertz CT molecular complexity index is 419. The third-order valence-electron chi connectivity index (χ3n) is 3.15. The Morgan fingerprint density at radius 2 is 1.75 bits per heavy atom. The minimum atomic E-state index is 0.258. The van der Waals surface area contributed by atoms with E-state index >= 15 is 0 Å². The molecule has 2 rings (SSSR count). The average molecular weight is 300 g/mol. The Labute approximate surface area is 125 Å². The Balaban J connectivity index is 2.21. The second kappa shape index (κ2) is 7.59. The molecule has 20 heavy (non-hydrogen) atoms. The van der Waals surface area contributed by atoms with Crippen LogP contribution in [0.1, 0.15) is 26.7 Å². The van der Waals surface area contributed by atoms with Crippen LogP contribution in [0, 0.1) is 0 Å². The first-order valence-corrected chi connectivity index (χ1v) is 7.61. The zero-order valence-electron chi connectivity index (χ0n) is 12.2. The largest absolute Gasteiger partial charge is 0.378 e. The molecule has 1 saturated heterocycles. The molecule has 1 aliphatic rings. The first kappa shape index (κ1) is 15.3. The summed E-state index contributed by atoms with van der Waals surface area (Å²) in [5, 5.41) is 0.258. The van der Waals surface area contributed by atoms with Gasteiger partial charge in [-0.3, -0.25) is 0 Å². The Morgan fingerprint density at radius 3 is 2.35 bits per heavy atom. The smallest absolute Gasteiger partial charge is 0.231 e. The molecule has 1 aromatic rings. The molecule has 0 spiro atoms. The molecular weight excluding hydrogens is 278 g/mol. The monoisotopic (exact) mass is 299 g/mol. The van der Waals surface area contributed by atoms with Crippen LogP contribution in [0.2, 0.25) is 5.28 Å². The number of aromatic nitrogens is 3. The molecule has 0 bridgehead atoms. The van der Waals surface area contributed by atoms with E-state index in [0.29, 0.717) is 25.1 Å². The lowest BCUT2D eigenvalue weighted by Crippen LogP contribution is -2.38. The minimum absolute atomic E-state index is 0.258. The second-order valence-corrected chi connectivity index (χ2v) is 5.13. The van der Waals surface area contributed by atoms with Crippen LogP contribution in [0.25, 0.3) is 0 Å². The summed E-state index contributed by atoms with van der Waals surface area (Å²) in [5.74, 6) is 1.33. The highest BCUT2D eigenvalue weighted by molar-refractivity contribution is 6.28. The van der Waals surface area contributed by atoms with E-state index in [1.165, 1.54) is 0 Å². The molecule has 1 aromatic heterocycles. The first-order chi connectivity index (χ1) is 9.74. The van der Waals surface area contributed by atoms with Gasteiger partial charge in [-0.2, -0.15) is 15.0 Å². The summed E-state index contributed by atoms with van der Waals surface area (Å²) in [5.41, 5.74) is 0. The van der Waals surface area contributed by atoms with Gasteiger partial charge in [0.25, 0.3) is 0 Å². The topological polar surface area (TPSA) is 54.4 Å². The summed E-state index contributed by atoms with van der Waals surface area (Å²) in [6.45, 7) is 9.14. The van der Waals surface area contributed by atoms with Crippen molar-refractivity contribution in [1.82, 2.24) is 15.0 Å². The molecule has 7 heteroatoms. The molecular formula is C13H22ClN5O. The number of morpholine rings is 1. The zero-order chi connectivity index (χ0) is 14.4. The number of hydrogen-bond acceptors (Lipinski definition) is 6. The van der Waals surface area contributed by atoms with Crippen LogP contribution < -0.4 is 9.80 Å². The van der Waals surface area contributed by atoms with Gasteiger partial charge in [0.15, 0.2) is 0 Å². The van der Waals surface area contributed by atoms with Crippen LogP contribution >= 0.6 is 11.6 Å². The van der Waals surface area contributed by atoms with E-state index in [2.05, 4.69) is 38.6 Å². The van der Waals surface area contributed by atoms with Crippen LogP contribution in [0.3, 0.4) is 0 Å². The molecule has 0 aliphatic carbocycles. The van der Waals surface area contributed by atoms with Gasteiger partial charge >= 0.3 is 0 Å². The van der Waals surface area contributed by atoms with Crippen molar-refractivity contribution >= 4 is 23.5 Å². The van der Waals surface area contributed by atoms with E-state index in [0.717, 1.165) is 39.0 Å². The fourth-order valence-corrected chi connectivity index (χ4v) is 2.38. The molecule has 2 heterocycles. The number of nitrogens with zero attached hydrogens (tertiary/aromatic N) is 5. The molecule has 1 fully saturated rings. The molecule has 0 unspecified atom stereocenters. The van der Waals surface area contributed by atoms with Crippen LogP contribution in [-0.4, -0.2) is 54.3 Å². The Hall–Kier alpha value is -1.14. The summed E-state index contributed by atoms with van der Waals surface area (Å²) in [6.07, 6.45) is 2.10. The number of rotatable bonds is 6. The van der Waals surface area contributed by atoms with Crippen LogP contribution in [-0.2, 0) is 4.74 Å². The van der Waals surface area contributed by atoms with Gasteiger partial charge in [-0.25, -0.2) is 0 Å². The van der Waals surface area contributed by atoms with Gasteiger partial charge in [0.2, 0.25) is 17.2 Å². The van der Waals surface area contributed by atoms with Crippen molar-refractivity contribution in [3.8, 4) is 0 Å². The van der Waals surface area contributed by atoms with E-state index in [4.69, 9.17) is 16.3 Å². The molecule has 0 aromatic carbocycles. The average Bonchev–Trinajstić information content (AvgIpc) is 2.47. The van der Waals surface area contributed by atoms with E-state index in [-0.39, 0.29) is 5.28 Å². The predicted molar refractivity (Wildman–Crippen MR) is 80.7 cm³/mol. The van der Waals surface area contributed by atoms with Gasteiger partial charge in [-0.15, -0.1) is 0 Å². The highest BCUT2D eigenvalue weighted by Crippen LogP contribution is 2.18. The van der Waals surface area contributed by atoms with Gasteiger partial charge in [0, 0.05) is 26.2 Å². The third-order valence-corrected chi connectivity index (χ3v) is 3.32. The van der Waals surface area contributed by atoms with E-state index in [9.17, 15) is 0 Å². The molecule has 0 N–H and O–H groups in total. The zero-order valence-corrected chi connectivity index (χ0v) is 12.9. The van der Waals surface area contributed by atoms with E-state index in [1.807, 2.05) is 0 Å². The predicted octanol–water partition coefficient (Wildman–Crippen LogP) is 1.99. The lowest BCUT2D eigenvalue weighted by atomic mass is 10.4. The summed E-state index contributed by atoms with van der Waals surface area (Å²) >= 11 is 6.07. The molecule has 0 radical (unpaired) electrons. The van der Waals surface area contributed by atoms with Gasteiger partial charge in [-0.1, -0.05) is 13.8 Å². The summed E-state index contributed by atoms with van der Waals surface area (Å²) in [6, 6.07) is 0. The van der Waals surface area contributed by atoms with Crippen molar-refractivity contribution in [2.24, 2.45) is 0 Å². The highest BCUT2D eigenvalue weighted by Gasteiger charge is 2.18. The van der Waals surface area contributed by atoms with Crippen molar-refractivity contribution in [2.45, 2.75) is 26.7 Å². The van der Waals surface area contributed by atoms with Crippen molar-refractivity contribution < 1.29 is 4.74 Å². The van der Waals surface area contributed by atoms with Crippen molar-refractivity contribution in [3.05, 3.63) is 5.28 Å². The van der Waals surface area contributed by atoms with Crippen molar-refractivity contribution in [2.75, 3.05) is 49.2 Å². The number of ether oxygens (including phenoxy) is 1. The number of halogens is 1. The van der Waals surface area contributed by atoms with E-state index < -0.39 is 0 Å². The number of hydrogen-bond donors (Lipinski definition) is 0. The molecule has 6 nitrogen and oxygen atoms in total. The lowest BCUT2D eigenvalue weighted by molar-refractivity contribution is 0.122. The molecule has 0 saturated carbocycles. The molecule has 0 amide bonds. The Morgan fingerprint density at radius 1 is 1.10 bits per heavy atom. The van der Waals surface area contributed by atoms with Crippen LogP contribution in [0.15, 0.2) is 0 Å². The second-order valence-electron chi connectivity index (χ2n) is 4.79. The highest BCUT2D eigenvalue weighted by atomic mass is 35.5. The summed E-state index contributed by atoms with van der Waals surface area (Å²) < 4.78 is 5.35. The molecule has 1 aliphatic heterocycles. The standard InChI is InChI=1S/C13H22ClN5O/c1-3-5-18(6-4-2)12-15-11(14)16-13(17-12)19-7-9-20-10-8-19/h3-10H2,1-2H3.